The van der Waals surface area contributed by atoms with Crippen molar-refractivity contribution in [3.63, 3.8) is 0 Å². The Bertz CT molecular complexity index is 235. The van der Waals surface area contributed by atoms with Crippen LogP contribution in [0.2, 0.25) is 10.0 Å². The van der Waals surface area contributed by atoms with Crippen LogP contribution in [0.4, 0.5) is 13.2 Å². The summed E-state index contributed by atoms with van der Waals surface area (Å²) < 4.78 is 37.5. The monoisotopic (exact) mass is 216 g/mol. The quantitative estimate of drug-likeness (QED) is 0.522. The minimum atomic E-state index is -1.66. The van der Waals surface area contributed by atoms with Crippen molar-refractivity contribution in [3.8, 4) is 5.75 Å². The molecule has 0 atom stereocenters. The molecule has 0 spiro atoms. The van der Waals surface area contributed by atoms with E-state index < -0.39 is 33.2 Å². The van der Waals surface area contributed by atoms with Crippen molar-refractivity contribution < 1.29 is 18.3 Å². The van der Waals surface area contributed by atoms with E-state index in [4.69, 9.17) is 28.3 Å². The maximum Gasteiger partial charge on any atom is 0.203 e. The molecule has 0 saturated carbocycles. The van der Waals surface area contributed by atoms with Crippen LogP contribution in [0.5, 0.6) is 5.75 Å². The Kier molecular flexibility index (Phi) is 2.39. The summed E-state index contributed by atoms with van der Waals surface area (Å²) in [4.78, 5) is 0. The van der Waals surface area contributed by atoms with Gasteiger partial charge in [-0.05, 0) is 0 Å². The van der Waals surface area contributed by atoms with Gasteiger partial charge in [-0.25, -0.2) is 8.78 Å². The molecule has 1 aromatic carbocycles. The molecular formula is C6HCl2F3O. The molecule has 1 rings (SSSR count). The third kappa shape index (κ3) is 1.21. The molecule has 66 valence electrons. The van der Waals surface area contributed by atoms with E-state index in [2.05, 4.69) is 0 Å². The summed E-state index contributed by atoms with van der Waals surface area (Å²) in [7, 11) is 0. The van der Waals surface area contributed by atoms with Crippen molar-refractivity contribution in [2.24, 2.45) is 0 Å². The minimum Gasteiger partial charge on any atom is -0.504 e. The van der Waals surface area contributed by atoms with Gasteiger partial charge in [-0.3, -0.25) is 0 Å². The molecular weight excluding hydrogens is 216 g/mol. The normalized spacial score (nSPS) is 10.4. The van der Waals surface area contributed by atoms with Crippen molar-refractivity contribution in [3.05, 3.63) is 27.5 Å². The number of phenolic OH excluding ortho intramolecular Hbond substituents is 1. The Morgan fingerprint density at radius 2 is 1.33 bits per heavy atom. The SMILES string of the molecule is Oc1c(F)c(F)c(Cl)c(F)c1Cl. The van der Waals surface area contributed by atoms with Crippen LogP contribution in [-0.2, 0) is 0 Å². The number of halogens is 5. The van der Waals surface area contributed by atoms with Gasteiger partial charge in [-0.2, -0.15) is 4.39 Å². The van der Waals surface area contributed by atoms with Crippen molar-refractivity contribution >= 4 is 23.2 Å². The van der Waals surface area contributed by atoms with Crippen molar-refractivity contribution in [2.45, 2.75) is 0 Å². The molecule has 12 heavy (non-hydrogen) atoms. The lowest BCUT2D eigenvalue weighted by molar-refractivity contribution is 0.400. The van der Waals surface area contributed by atoms with Crippen molar-refractivity contribution in [2.75, 3.05) is 0 Å². The molecule has 0 saturated heterocycles. The van der Waals surface area contributed by atoms with E-state index in [1.165, 1.54) is 0 Å². The van der Waals surface area contributed by atoms with Crippen LogP contribution in [0.1, 0.15) is 0 Å². The second-order valence-electron chi connectivity index (χ2n) is 1.92. The highest BCUT2D eigenvalue weighted by Gasteiger charge is 2.22. The summed E-state index contributed by atoms with van der Waals surface area (Å²) in [5, 5.41) is 6.64. The summed E-state index contributed by atoms with van der Waals surface area (Å²) in [5.41, 5.74) is 0. The van der Waals surface area contributed by atoms with E-state index in [1.807, 2.05) is 0 Å². The Hall–Kier alpha value is -0.610. The number of hydrogen-bond donors (Lipinski definition) is 1. The first-order valence-electron chi connectivity index (χ1n) is 2.67. The lowest BCUT2D eigenvalue weighted by Gasteiger charge is -2.03. The highest BCUT2D eigenvalue weighted by molar-refractivity contribution is 6.35. The zero-order chi connectivity index (χ0) is 9.46. The number of hydrogen-bond acceptors (Lipinski definition) is 1. The molecule has 0 aliphatic carbocycles. The number of benzene rings is 1. The summed E-state index contributed by atoms with van der Waals surface area (Å²) >= 11 is 10.0. The molecule has 0 fully saturated rings. The largest absolute Gasteiger partial charge is 0.504 e. The lowest BCUT2D eigenvalue weighted by Crippen LogP contribution is -1.92. The maximum absolute atomic E-state index is 12.6. The second kappa shape index (κ2) is 3.03. The minimum absolute atomic E-state index is 0.932. The molecule has 0 aromatic heterocycles. The van der Waals surface area contributed by atoms with Crippen molar-refractivity contribution in [1.82, 2.24) is 0 Å². The number of rotatable bonds is 0. The maximum atomic E-state index is 12.6. The topological polar surface area (TPSA) is 20.2 Å². The highest BCUT2D eigenvalue weighted by Crippen LogP contribution is 2.36. The van der Waals surface area contributed by atoms with E-state index in [1.54, 1.807) is 0 Å². The van der Waals surface area contributed by atoms with Gasteiger partial charge in [-0.15, -0.1) is 0 Å². The van der Waals surface area contributed by atoms with Gasteiger partial charge in [0.2, 0.25) is 5.82 Å². The number of aromatic hydroxyl groups is 1. The predicted octanol–water partition coefficient (Wildman–Crippen LogP) is 3.12. The first-order valence-corrected chi connectivity index (χ1v) is 3.42. The third-order valence-corrected chi connectivity index (χ3v) is 1.86. The second-order valence-corrected chi connectivity index (χ2v) is 2.67. The van der Waals surface area contributed by atoms with Crippen molar-refractivity contribution in [1.29, 1.82) is 0 Å². The Morgan fingerprint density at radius 1 is 0.833 bits per heavy atom. The molecule has 0 aliphatic heterocycles. The molecule has 0 radical (unpaired) electrons. The third-order valence-electron chi connectivity index (χ3n) is 1.19. The summed E-state index contributed by atoms with van der Waals surface area (Å²) in [6.45, 7) is 0. The Morgan fingerprint density at radius 3 is 1.83 bits per heavy atom. The standard InChI is InChI=1S/C6HCl2F3O/c7-1-3(9)2(8)6(12)5(11)4(1)10/h12H. The summed E-state index contributed by atoms with van der Waals surface area (Å²) in [6, 6.07) is 0. The van der Waals surface area contributed by atoms with Gasteiger partial charge in [0.05, 0.1) is 0 Å². The molecule has 0 bridgehead atoms. The van der Waals surface area contributed by atoms with E-state index in [0.717, 1.165) is 0 Å². The molecule has 1 N–H and O–H groups in total. The predicted molar refractivity (Wildman–Crippen MR) is 38.0 cm³/mol. The smallest absolute Gasteiger partial charge is 0.203 e. The van der Waals surface area contributed by atoms with E-state index in [0.29, 0.717) is 0 Å². The first kappa shape index (κ1) is 9.48. The van der Waals surface area contributed by atoms with E-state index in [-0.39, 0.29) is 0 Å². The van der Waals surface area contributed by atoms with Crippen LogP contribution in [-0.4, -0.2) is 5.11 Å². The number of phenols is 1. The van der Waals surface area contributed by atoms with Gasteiger partial charge < -0.3 is 5.11 Å². The molecule has 0 aliphatic rings. The zero-order valence-electron chi connectivity index (χ0n) is 5.34. The average molecular weight is 217 g/mol. The van der Waals surface area contributed by atoms with Gasteiger partial charge in [0, 0.05) is 0 Å². The van der Waals surface area contributed by atoms with Crippen LogP contribution in [0.25, 0.3) is 0 Å². The molecule has 1 nitrogen and oxygen atoms in total. The van der Waals surface area contributed by atoms with E-state index in [9.17, 15) is 13.2 Å². The molecule has 0 amide bonds. The molecule has 6 heteroatoms. The van der Waals surface area contributed by atoms with Gasteiger partial charge >= 0.3 is 0 Å². The van der Waals surface area contributed by atoms with Crippen LogP contribution in [0, 0.1) is 17.5 Å². The molecule has 0 heterocycles. The zero-order valence-corrected chi connectivity index (χ0v) is 6.85. The van der Waals surface area contributed by atoms with Gasteiger partial charge in [0.15, 0.2) is 17.4 Å². The molecule has 0 unspecified atom stereocenters. The van der Waals surface area contributed by atoms with Crippen LogP contribution < -0.4 is 0 Å². The van der Waals surface area contributed by atoms with Gasteiger partial charge in [-0.1, -0.05) is 23.2 Å². The fourth-order valence-electron chi connectivity index (χ4n) is 0.593. The van der Waals surface area contributed by atoms with Gasteiger partial charge in [0.25, 0.3) is 0 Å². The summed E-state index contributed by atoms with van der Waals surface area (Å²) in [5.74, 6) is -5.98. The lowest BCUT2D eigenvalue weighted by atomic mass is 10.3. The summed E-state index contributed by atoms with van der Waals surface area (Å²) in [6.07, 6.45) is 0. The van der Waals surface area contributed by atoms with Crippen LogP contribution in [0.3, 0.4) is 0 Å². The fourth-order valence-corrected chi connectivity index (χ4v) is 0.997. The average Bonchev–Trinajstić information content (AvgIpc) is 2.08. The van der Waals surface area contributed by atoms with E-state index >= 15 is 0 Å². The van der Waals surface area contributed by atoms with Crippen LogP contribution >= 0.6 is 23.2 Å². The van der Waals surface area contributed by atoms with Crippen LogP contribution in [0.15, 0.2) is 0 Å². The fraction of sp³-hybridized carbons (Fsp3) is 0. The Balaban J connectivity index is 3.60. The Labute approximate surface area is 75.3 Å². The highest BCUT2D eigenvalue weighted by atomic mass is 35.5. The molecule has 1 aromatic rings. The first-order chi connectivity index (χ1) is 5.46. The van der Waals surface area contributed by atoms with Gasteiger partial charge in [0.1, 0.15) is 10.0 Å².